The lowest BCUT2D eigenvalue weighted by Crippen LogP contribution is -2.19. The zero-order valence-electron chi connectivity index (χ0n) is 34.4. The van der Waals surface area contributed by atoms with Crippen molar-refractivity contribution in [1.29, 1.82) is 0 Å². The van der Waals surface area contributed by atoms with Crippen LogP contribution in [0, 0.1) is 0 Å². The molecule has 0 N–H and O–H groups in total. The molecule has 0 bridgehead atoms. The molecule has 0 radical (unpaired) electrons. The van der Waals surface area contributed by atoms with E-state index >= 15 is 0 Å². The molecule has 8 heteroatoms. The Kier molecular flexibility index (Phi) is 16.4. The monoisotopic (exact) mass is 732 g/mol. The second-order valence-corrected chi connectivity index (χ2v) is 14.5. The first-order valence-corrected chi connectivity index (χ1v) is 18.5. The number of esters is 2. The van der Waals surface area contributed by atoms with Gasteiger partial charge < -0.3 is 29.1 Å². The van der Waals surface area contributed by atoms with E-state index in [2.05, 4.69) is 185 Å². The Hall–Kier alpha value is -5.50. The molecule has 0 aromatic heterocycles. The van der Waals surface area contributed by atoms with E-state index in [-0.39, 0.29) is 18.6 Å². The maximum atomic E-state index is 10.9. The highest BCUT2D eigenvalue weighted by Gasteiger charge is 2.14. The lowest BCUT2D eigenvalue weighted by atomic mass is 9.94. The summed E-state index contributed by atoms with van der Waals surface area (Å²) >= 11 is 0. The first-order chi connectivity index (χ1) is 25.5. The Morgan fingerprint density at radius 3 is 0.852 bits per heavy atom. The van der Waals surface area contributed by atoms with Gasteiger partial charge in [-0.2, -0.15) is 0 Å². The third-order valence-electron chi connectivity index (χ3n) is 8.45. The third kappa shape index (κ3) is 13.5. The van der Waals surface area contributed by atoms with Crippen LogP contribution in [0.3, 0.4) is 0 Å². The molecule has 8 nitrogen and oxygen atoms in total. The van der Waals surface area contributed by atoms with Crippen molar-refractivity contribution in [3.05, 3.63) is 131 Å². The van der Waals surface area contributed by atoms with Gasteiger partial charge in [-0.3, -0.25) is 9.59 Å². The zero-order valence-corrected chi connectivity index (χ0v) is 34.4. The van der Waals surface area contributed by atoms with Crippen molar-refractivity contribution in [3.63, 3.8) is 0 Å². The second kappa shape index (κ2) is 20.7. The summed E-state index contributed by atoms with van der Waals surface area (Å²) in [5.41, 5.74) is 12.1. The van der Waals surface area contributed by atoms with Gasteiger partial charge in [-0.05, 0) is 116 Å². The highest BCUT2D eigenvalue weighted by Crippen LogP contribution is 2.31. The molecule has 0 saturated heterocycles. The van der Waals surface area contributed by atoms with E-state index in [0.29, 0.717) is 0 Å². The number of anilines is 4. The topological polar surface area (TPSA) is 65.6 Å². The van der Waals surface area contributed by atoms with Crippen LogP contribution in [-0.4, -0.2) is 80.5 Å². The summed E-state index contributed by atoms with van der Waals surface area (Å²) in [7, 11) is 16.6. The SMILES string of the molecule is CC(C)OC(=O)CC(=O)OC(C)C.CN(C)c1ccc(C(=CCC=C(c2ccc(N(C)C)cc2)c2ccc(N(C)C)cc2)c2ccc(N(C)C)cc2)cc1. The van der Waals surface area contributed by atoms with Crippen molar-refractivity contribution in [2.75, 3.05) is 76.0 Å². The Balaban J connectivity index is 0.000000515. The summed E-state index contributed by atoms with van der Waals surface area (Å²) in [5, 5.41) is 0. The van der Waals surface area contributed by atoms with Gasteiger partial charge in [-0.15, -0.1) is 0 Å². The molecule has 0 aliphatic heterocycles. The third-order valence-corrected chi connectivity index (χ3v) is 8.45. The fourth-order valence-corrected chi connectivity index (χ4v) is 5.58. The van der Waals surface area contributed by atoms with Crippen LogP contribution < -0.4 is 19.6 Å². The first kappa shape index (κ1) is 42.9. The molecule has 0 fully saturated rings. The number of ether oxygens (including phenoxy) is 2. The smallest absolute Gasteiger partial charge is 0.317 e. The Morgan fingerprint density at radius 2 is 0.667 bits per heavy atom. The van der Waals surface area contributed by atoms with E-state index in [1.807, 2.05) is 0 Å². The van der Waals surface area contributed by atoms with Crippen molar-refractivity contribution in [1.82, 2.24) is 0 Å². The van der Waals surface area contributed by atoms with Crippen LogP contribution in [0.1, 0.15) is 62.8 Å². The van der Waals surface area contributed by atoms with E-state index in [1.54, 1.807) is 27.7 Å². The minimum absolute atomic E-state index is 0.195. The maximum absolute atomic E-state index is 10.9. The molecule has 0 amide bonds. The number of rotatable bonds is 14. The lowest BCUT2D eigenvalue weighted by molar-refractivity contribution is -0.158. The van der Waals surface area contributed by atoms with Crippen molar-refractivity contribution in [2.45, 2.75) is 52.7 Å². The Labute approximate surface area is 324 Å². The van der Waals surface area contributed by atoms with Crippen LogP contribution in [0.25, 0.3) is 11.1 Å². The average molecular weight is 733 g/mol. The van der Waals surface area contributed by atoms with Gasteiger partial charge in [0.15, 0.2) is 0 Å². The first-order valence-electron chi connectivity index (χ1n) is 18.5. The Morgan fingerprint density at radius 1 is 0.444 bits per heavy atom. The number of nitrogens with zero attached hydrogens (tertiary/aromatic N) is 4. The molecule has 4 aromatic carbocycles. The molecule has 4 rings (SSSR count). The summed E-state index contributed by atoms with van der Waals surface area (Å²) in [6.45, 7) is 6.91. The van der Waals surface area contributed by atoms with Crippen LogP contribution in [0.2, 0.25) is 0 Å². The van der Waals surface area contributed by atoms with Crippen LogP contribution in [0.15, 0.2) is 109 Å². The molecule has 0 spiro atoms. The molecule has 0 atom stereocenters. The van der Waals surface area contributed by atoms with Gasteiger partial charge in [-0.1, -0.05) is 60.7 Å². The van der Waals surface area contributed by atoms with E-state index < -0.39 is 11.9 Å². The number of carbonyl (C=O) groups is 2. The minimum atomic E-state index is -0.541. The molecule has 0 aliphatic rings. The van der Waals surface area contributed by atoms with E-state index in [4.69, 9.17) is 9.47 Å². The summed E-state index contributed by atoms with van der Waals surface area (Å²) < 4.78 is 9.53. The molecular formula is C46H60N4O4. The molecule has 0 saturated carbocycles. The summed E-state index contributed by atoms with van der Waals surface area (Å²) in [4.78, 5) is 30.4. The number of hydrogen-bond acceptors (Lipinski definition) is 8. The molecular weight excluding hydrogens is 673 g/mol. The van der Waals surface area contributed by atoms with E-state index in [1.165, 1.54) is 56.1 Å². The van der Waals surface area contributed by atoms with Gasteiger partial charge in [0.1, 0.15) is 6.42 Å². The fourth-order valence-electron chi connectivity index (χ4n) is 5.58. The number of benzene rings is 4. The van der Waals surface area contributed by atoms with Gasteiger partial charge in [0.2, 0.25) is 0 Å². The predicted octanol–water partition coefficient (Wildman–Crippen LogP) is 9.18. The van der Waals surface area contributed by atoms with Crippen LogP contribution >= 0.6 is 0 Å². The van der Waals surface area contributed by atoms with Gasteiger partial charge in [-0.25, -0.2) is 0 Å². The quantitative estimate of drug-likeness (QED) is 0.0940. The number of allylic oxidation sites excluding steroid dienone is 2. The highest BCUT2D eigenvalue weighted by atomic mass is 16.6. The van der Waals surface area contributed by atoms with Crippen LogP contribution in [0.5, 0.6) is 0 Å². The number of hydrogen-bond donors (Lipinski definition) is 0. The zero-order chi connectivity index (χ0) is 39.9. The second-order valence-electron chi connectivity index (χ2n) is 14.5. The van der Waals surface area contributed by atoms with Gasteiger partial charge in [0.25, 0.3) is 0 Å². The normalized spacial score (nSPS) is 10.5. The average Bonchev–Trinajstić information content (AvgIpc) is 3.11. The van der Waals surface area contributed by atoms with Gasteiger partial charge in [0.05, 0.1) is 12.2 Å². The van der Waals surface area contributed by atoms with Crippen molar-refractivity contribution in [3.8, 4) is 0 Å². The van der Waals surface area contributed by atoms with E-state index in [0.717, 1.165) is 6.42 Å². The van der Waals surface area contributed by atoms with Crippen LogP contribution in [0.4, 0.5) is 22.7 Å². The molecule has 4 aromatic rings. The van der Waals surface area contributed by atoms with Gasteiger partial charge in [0, 0.05) is 79.1 Å². The molecule has 0 heterocycles. The highest BCUT2D eigenvalue weighted by molar-refractivity contribution is 5.91. The summed E-state index contributed by atoms with van der Waals surface area (Å²) in [5.74, 6) is -1.08. The maximum Gasteiger partial charge on any atom is 0.317 e. The molecule has 288 valence electrons. The molecule has 0 unspecified atom stereocenters. The van der Waals surface area contributed by atoms with Crippen LogP contribution in [-0.2, 0) is 19.1 Å². The molecule has 0 aliphatic carbocycles. The van der Waals surface area contributed by atoms with E-state index in [9.17, 15) is 9.59 Å². The van der Waals surface area contributed by atoms with Crippen molar-refractivity contribution < 1.29 is 19.1 Å². The van der Waals surface area contributed by atoms with Gasteiger partial charge >= 0.3 is 11.9 Å². The summed E-state index contributed by atoms with van der Waals surface area (Å²) in [6.07, 6.45) is 4.82. The standard InChI is InChI=1S/C37H44N4.C9H16O4/c1-38(2)32-20-12-28(13-21-32)36(29-14-22-33(23-15-29)39(3)4)10-9-11-37(30-16-24-34(25-17-30)40(5)6)31-18-26-35(27-19-31)41(7)8;1-6(2)12-8(10)5-9(11)13-7(3)4/h10-27H,9H2,1-8H3;6-7H,5H2,1-4H3. The van der Waals surface area contributed by atoms with Crippen molar-refractivity contribution >= 4 is 45.8 Å². The minimum Gasteiger partial charge on any atom is -0.463 e. The molecule has 54 heavy (non-hydrogen) atoms. The summed E-state index contributed by atoms with van der Waals surface area (Å²) in [6, 6.07) is 35.4. The fraction of sp³-hybridized carbons (Fsp3) is 0.348. The predicted molar refractivity (Wildman–Crippen MR) is 229 cm³/mol. The van der Waals surface area contributed by atoms with Crippen molar-refractivity contribution in [2.24, 2.45) is 0 Å². The number of carbonyl (C=O) groups excluding carboxylic acids is 2. The Bertz CT molecular complexity index is 1580. The lowest BCUT2D eigenvalue weighted by Gasteiger charge is -2.17. The largest absolute Gasteiger partial charge is 0.463 e.